The standard InChI is InChI=1S/C9H4Cl4N2O3S/c10-6-3-1-5(2-4-6)7-14-19(16,17)15-8(18-7)9(11,12)13/h1-4H. The third-order valence-corrected chi connectivity index (χ3v) is 3.45. The highest BCUT2D eigenvalue weighted by Crippen LogP contribution is 2.31. The summed E-state index contributed by atoms with van der Waals surface area (Å²) in [7, 11) is -4.16. The van der Waals surface area contributed by atoms with Crippen LogP contribution in [0, 0.1) is 0 Å². The largest absolute Gasteiger partial charge is 0.418 e. The molecule has 0 bridgehead atoms. The Kier molecular flexibility index (Phi) is 3.99. The zero-order valence-electron chi connectivity index (χ0n) is 8.85. The van der Waals surface area contributed by atoms with Gasteiger partial charge in [0.1, 0.15) is 0 Å². The Hall–Kier alpha value is -0.530. The monoisotopic (exact) mass is 360 g/mol. The van der Waals surface area contributed by atoms with Crippen molar-refractivity contribution in [2.75, 3.05) is 0 Å². The summed E-state index contributed by atoms with van der Waals surface area (Å²) in [4.78, 5) is 0. The van der Waals surface area contributed by atoms with E-state index in [0.29, 0.717) is 10.6 Å². The van der Waals surface area contributed by atoms with Gasteiger partial charge in [0.25, 0.3) is 9.69 Å². The summed E-state index contributed by atoms with van der Waals surface area (Å²) in [6, 6.07) is 6.10. The van der Waals surface area contributed by atoms with E-state index in [4.69, 9.17) is 51.1 Å². The van der Waals surface area contributed by atoms with E-state index >= 15 is 0 Å². The summed E-state index contributed by atoms with van der Waals surface area (Å²) in [5.74, 6) is -0.828. The number of alkyl halides is 3. The summed E-state index contributed by atoms with van der Waals surface area (Å²) < 4.78 is 32.5. The maximum Gasteiger partial charge on any atom is 0.369 e. The van der Waals surface area contributed by atoms with E-state index in [1.165, 1.54) is 24.3 Å². The molecule has 0 N–H and O–H groups in total. The fourth-order valence-corrected chi connectivity index (χ4v) is 2.47. The molecule has 2 rings (SSSR count). The van der Waals surface area contributed by atoms with Gasteiger partial charge in [0, 0.05) is 10.6 Å². The fraction of sp³-hybridized carbons (Fsp3) is 0.111. The Morgan fingerprint density at radius 3 is 2.16 bits per heavy atom. The lowest BCUT2D eigenvalue weighted by molar-refractivity contribution is 0.525. The Morgan fingerprint density at radius 1 is 1.05 bits per heavy atom. The van der Waals surface area contributed by atoms with E-state index in [9.17, 15) is 8.42 Å². The molecule has 102 valence electrons. The first-order valence-corrected chi connectivity index (χ1v) is 7.54. The molecule has 19 heavy (non-hydrogen) atoms. The highest BCUT2D eigenvalue weighted by atomic mass is 35.6. The van der Waals surface area contributed by atoms with Gasteiger partial charge in [-0.15, -0.1) is 8.80 Å². The van der Waals surface area contributed by atoms with Crippen molar-refractivity contribution in [1.29, 1.82) is 0 Å². The molecule has 1 aromatic carbocycles. The highest BCUT2D eigenvalue weighted by molar-refractivity contribution is 7.89. The maximum atomic E-state index is 11.5. The molecule has 0 amide bonds. The molecule has 0 spiro atoms. The molecule has 0 saturated heterocycles. The first-order valence-electron chi connectivity index (χ1n) is 4.63. The minimum atomic E-state index is -4.16. The van der Waals surface area contributed by atoms with Gasteiger partial charge in [-0.25, -0.2) is 0 Å². The summed E-state index contributed by atoms with van der Waals surface area (Å²) in [6.07, 6.45) is 0. The van der Waals surface area contributed by atoms with Gasteiger partial charge in [-0.2, -0.15) is 8.42 Å². The van der Waals surface area contributed by atoms with E-state index in [0.717, 1.165) is 0 Å². The number of nitrogens with zero attached hydrogens (tertiary/aromatic N) is 2. The van der Waals surface area contributed by atoms with Gasteiger partial charge < -0.3 is 4.74 Å². The lowest BCUT2D eigenvalue weighted by Crippen LogP contribution is -2.30. The summed E-state index contributed by atoms with van der Waals surface area (Å²) in [6.45, 7) is 0. The molecule has 0 unspecified atom stereocenters. The van der Waals surface area contributed by atoms with Gasteiger partial charge in [-0.05, 0) is 24.3 Å². The first kappa shape index (κ1) is 14.9. The first-order chi connectivity index (χ1) is 8.67. The Bertz CT molecular complexity index is 662. The van der Waals surface area contributed by atoms with E-state index in [1.807, 2.05) is 0 Å². The maximum absolute atomic E-state index is 11.5. The number of benzene rings is 1. The Morgan fingerprint density at radius 2 is 1.63 bits per heavy atom. The molecule has 5 nitrogen and oxygen atoms in total. The molecule has 1 aromatic rings. The summed E-state index contributed by atoms with van der Waals surface area (Å²) >= 11 is 22.4. The van der Waals surface area contributed by atoms with Crippen LogP contribution in [0.1, 0.15) is 5.56 Å². The van der Waals surface area contributed by atoms with Crippen LogP contribution in [0.3, 0.4) is 0 Å². The lowest BCUT2D eigenvalue weighted by Gasteiger charge is -2.18. The van der Waals surface area contributed by atoms with Gasteiger partial charge in [0.05, 0.1) is 0 Å². The van der Waals surface area contributed by atoms with Gasteiger partial charge in [-0.1, -0.05) is 46.4 Å². The number of hydrogen-bond donors (Lipinski definition) is 0. The molecule has 1 aliphatic rings. The van der Waals surface area contributed by atoms with Crippen LogP contribution in [-0.4, -0.2) is 24.0 Å². The number of hydrogen-bond acceptors (Lipinski definition) is 3. The smallest absolute Gasteiger partial charge is 0.369 e. The lowest BCUT2D eigenvalue weighted by atomic mass is 10.2. The van der Waals surface area contributed by atoms with Crippen LogP contribution in [0.25, 0.3) is 0 Å². The molecule has 0 radical (unpaired) electrons. The summed E-state index contributed by atoms with van der Waals surface area (Å²) in [5.41, 5.74) is 0.356. The van der Waals surface area contributed by atoms with E-state index in [1.54, 1.807) is 0 Å². The third-order valence-electron chi connectivity index (χ3n) is 1.92. The van der Waals surface area contributed by atoms with Crippen LogP contribution in [0.4, 0.5) is 0 Å². The average molecular weight is 362 g/mol. The van der Waals surface area contributed by atoms with Gasteiger partial charge in [0.2, 0.25) is 5.90 Å². The Balaban J connectivity index is 2.44. The van der Waals surface area contributed by atoms with E-state index in [2.05, 4.69) is 8.80 Å². The molecule has 0 atom stereocenters. The Labute approximate surface area is 129 Å². The minimum Gasteiger partial charge on any atom is -0.418 e. The van der Waals surface area contributed by atoms with Crippen molar-refractivity contribution in [3.8, 4) is 0 Å². The SMILES string of the molecule is O=S1(=O)N=C(c2ccc(Cl)cc2)OC(C(Cl)(Cl)Cl)=N1. The molecule has 0 fully saturated rings. The van der Waals surface area contributed by atoms with Gasteiger partial charge in [0.15, 0.2) is 0 Å². The normalized spacial score (nSPS) is 18.3. The molecular weight excluding hydrogens is 358 g/mol. The fourth-order valence-electron chi connectivity index (χ4n) is 1.17. The molecule has 10 heteroatoms. The van der Waals surface area contributed by atoms with Crippen LogP contribution < -0.4 is 0 Å². The predicted octanol–water partition coefficient (Wildman–Crippen LogP) is 3.13. The zero-order valence-corrected chi connectivity index (χ0v) is 12.7. The van der Waals surface area contributed by atoms with Crippen LogP contribution in [0.5, 0.6) is 0 Å². The van der Waals surface area contributed by atoms with E-state index in [-0.39, 0.29) is 5.90 Å². The molecule has 0 saturated carbocycles. The topological polar surface area (TPSA) is 68.1 Å². The second kappa shape index (κ2) is 5.10. The van der Waals surface area contributed by atoms with Crippen molar-refractivity contribution in [1.82, 2.24) is 0 Å². The molecule has 1 aliphatic heterocycles. The zero-order chi connectivity index (χ0) is 14.3. The van der Waals surface area contributed by atoms with E-state index < -0.39 is 19.9 Å². The van der Waals surface area contributed by atoms with Crippen LogP contribution >= 0.6 is 46.4 Å². The third kappa shape index (κ3) is 3.73. The second-order valence-electron chi connectivity index (χ2n) is 3.35. The number of halogens is 4. The average Bonchev–Trinajstić information content (AvgIpc) is 2.26. The van der Waals surface area contributed by atoms with Gasteiger partial charge >= 0.3 is 10.2 Å². The van der Waals surface area contributed by atoms with Crippen molar-refractivity contribution in [3.63, 3.8) is 0 Å². The van der Waals surface area contributed by atoms with Crippen molar-refractivity contribution < 1.29 is 13.2 Å². The molecular formula is C9H4Cl4N2O3S. The molecule has 1 heterocycles. The van der Waals surface area contributed by atoms with Crippen molar-refractivity contribution in [3.05, 3.63) is 34.9 Å². The van der Waals surface area contributed by atoms with Crippen molar-refractivity contribution >= 4 is 68.4 Å². The van der Waals surface area contributed by atoms with Crippen molar-refractivity contribution in [2.24, 2.45) is 8.80 Å². The van der Waals surface area contributed by atoms with Crippen LogP contribution in [-0.2, 0) is 14.9 Å². The predicted molar refractivity (Wildman–Crippen MR) is 75.7 cm³/mol. The highest BCUT2D eigenvalue weighted by Gasteiger charge is 2.37. The number of ether oxygens (including phenoxy) is 1. The van der Waals surface area contributed by atoms with Gasteiger partial charge in [-0.3, -0.25) is 0 Å². The molecule has 0 aliphatic carbocycles. The molecule has 0 aromatic heterocycles. The van der Waals surface area contributed by atoms with Crippen LogP contribution in [0.2, 0.25) is 5.02 Å². The number of rotatable bonds is 1. The second-order valence-corrected chi connectivity index (χ2v) is 7.33. The van der Waals surface area contributed by atoms with Crippen LogP contribution in [0.15, 0.2) is 33.1 Å². The quantitative estimate of drug-likeness (QED) is 0.721. The minimum absolute atomic E-state index is 0.243. The summed E-state index contributed by atoms with van der Waals surface area (Å²) in [5, 5.41) is 0.471. The van der Waals surface area contributed by atoms with Crippen molar-refractivity contribution in [2.45, 2.75) is 3.79 Å².